The van der Waals surface area contributed by atoms with Crippen LogP contribution >= 0.6 is 12.4 Å². The number of hydrogen-bond acceptors (Lipinski definition) is 3. The van der Waals surface area contributed by atoms with Crippen LogP contribution in [0.5, 0.6) is 0 Å². The Morgan fingerprint density at radius 1 is 1.08 bits per heavy atom. The molecule has 2 aromatic rings. The van der Waals surface area contributed by atoms with E-state index in [1.54, 1.807) is 24.3 Å². The average molecular weight is 362 g/mol. The Labute approximate surface area is 154 Å². The van der Waals surface area contributed by atoms with Crippen LogP contribution in [0.1, 0.15) is 35.7 Å². The second-order valence-corrected chi connectivity index (χ2v) is 5.63. The molecule has 0 aliphatic rings. The van der Waals surface area contributed by atoms with Crippen molar-refractivity contribution in [1.82, 2.24) is 5.32 Å². The maximum absolute atomic E-state index is 12.2. The first-order valence-electron chi connectivity index (χ1n) is 8.08. The van der Waals surface area contributed by atoms with Gasteiger partial charge in [-0.1, -0.05) is 49.7 Å². The number of benzene rings is 2. The Morgan fingerprint density at radius 3 is 2.48 bits per heavy atom. The summed E-state index contributed by atoms with van der Waals surface area (Å²) in [5.74, 6) is -0.425. The molecule has 25 heavy (non-hydrogen) atoms. The molecule has 0 saturated carbocycles. The summed E-state index contributed by atoms with van der Waals surface area (Å²) in [6, 6.07) is 16.0. The number of nitrogens with two attached hydrogens (primary N) is 1. The number of rotatable bonds is 7. The molecule has 0 spiro atoms. The summed E-state index contributed by atoms with van der Waals surface area (Å²) in [5, 5.41) is 5.61. The number of nitrogens with one attached hydrogen (secondary N) is 2. The van der Waals surface area contributed by atoms with E-state index in [0.29, 0.717) is 24.2 Å². The second-order valence-electron chi connectivity index (χ2n) is 5.63. The van der Waals surface area contributed by atoms with Crippen molar-refractivity contribution in [1.29, 1.82) is 0 Å². The molecule has 2 aromatic carbocycles. The average Bonchev–Trinajstić information content (AvgIpc) is 2.61. The van der Waals surface area contributed by atoms with Crippen LogP contribution in [0, 0.1) is 0 Å². The fourth-order valence-corrected chi connectivity index (χ4v) is 2.30. The van der Waals surface area contributed by atoms with Gasteiger partial charge in [0.1, 0.15) is 0 Å². The lowest BCUT2D eigenvalue weighted by molar-refractivity contribution is -0.117. The molecule has 0 fully saturated rings. The topological polar surface area (TPSA) is 84.2 Å². The molecule has 0 aliphatic carbocycles. The molecule has 4 N–H and O–H groups in total. The van der Waals surface area contributed by atoms with Gasteiger partial charge in [-0.15, -0.1) is 12.4 Å². The van der Waals surface area contributed by atoms with E-state index in [0.717, 1.165) is 12.0 Å². The summed E-state index contributed by atoms with van der Waals surface area (Å²) < 4.78 is 0. The van der Waals surface area contributed by atoms with Gasteiger partial charge in [0.05, 0.1) is 6.04 Å². The maximum atomic E-state index is 12.2. The van der Waals surface area contributed by atoms with Gasteiger partial charge in [0.2, 0.25) is 5.91 Å². The first-order valence-corrected chi connectivity index (χ1v) is 8.08. The molecule has 0 saturated heterocycles. The molecular formula is C19H24ClN3O2. The van der Waals surface area contributed by atoms with Crippen LogP contribution in [0.25, 0.3) is 0 Å². The third-order valence-electron chi connectivity index (χ3n) is 3.62. The van der Waals surface area contributed by atoms with Crippen molar-refractivity contribution in [2.45, 2.75) is 32.4 Å². The quantitative estimate of drug-likeness (QED) is 0.708. The van der Waals surface area contributed by atoms with E-state index in [4.69, 9.17) is 5.73 Å². The molecule has 134 valence electrons. The van der Waals surface area contributed by atoms with Gasteiger partial charge >= 0.3 is 0 Å². The van der Waals surface area contributed by atoms with Crippen LogP contribution in [0.4, 0.5) is 5.69 Å². The van der Waals surface area contributed by atoms with Crippen LogP contribution < -0.4 is 16.4 Å². The van der Waals surface area contributed by atoms with Gasteiger partial charge in [-0.25, -0.2) is 0 Å². The number of carbonyl (C=O) groups is 2. The standard InChI is InChI=1S/C19H23N3O2.ClH/c1-2-7-17(20)19(24)22-16-11-6-10-15(12-16)18(23)21-13-14-8-4-3-5-9-14;/h3-6,8-12,17H,2,7,13,20H2,1H3,(H,21,23)(H,22,24);1H. The summed E-state index contributed by atoms with van der Waals surface area (Å²) in [5.41, 5.74) is 7.88. The van der Waals surface area contributed by atoms with Crippen LogP contribution in [-0.4, -0.2) is 17.9 Å². The molecule has 0 aromatic heterocycles. The molecule has 0 radical (unpaired) electrons. The highest BCUT2D eigenvalue weighted by Gasteiger charge is 2.13. The molecule has 0 heterocycles. The third kappa shape index (κ3) is 6.57. The van der Waals surface area contributed by atoms with E-state index in [9.17, 15) is 9.59 Å². The summed E-state index contributed by atoms with van der Waals surface area (Å²) in [7, 11) is 0. The van der Waals surface area contributed by atoms with Crippen molar-refractivity contribution in [2.24, 2.45) is 5.73 Å². The lowest BCUT2D eigenvalue weighted by Gasteiger charge is -2.12. The summed E-state index contributed by atoms with van der Waals surface area (Å²) in [6.07, 6.45) is 1.47. The van der Waals surface area contributed by atoms with Crippen LogP contribution in [-0.2, 0) is 11.3 Å². The van der Waals surface area contributed by atoms with Gasteiger partial charge in [0, 0.05) is 17.8 Å². The van der Waals surface area contributed by atoms with Gasteiger partial charge < -0.3 is 16.4 Å². The Morgan fingerprint density at radius 2 is 1.80 bits per heavy atom. The van der Waals surface area contributed by atoms with E-state index in [-0.39, 0.29) is 24.2 Å². The summed E-state index contributed by atoms with van der Waals surface area (Å²) >= 11 is 0. The molecule has 1 unspecified atom stereocenters. The Hall–Kier alpha value is -2.37. The van der Waals surface area contributed by atoms with E-state index in [1.807, 2.05) is 37.3 Å². The van der Waals surface area contributed by atoms with Crippen LogP contribution in [0.2, 0.25) is 0 Å². The van der Waals surface area contributed by atoms with Crippen molar-refractivity contribution < 1.29 is 9.59 Å². The lowest BCUT2D eigenvalue weighted by atomic mass is 10.1. The Bertz CT molecular complexity index is 692. The molecular weight excluding hydrogens is 338 g/mol. The van der Waals surface area contributed by atoms with Crippen LogP contribution in [0.3, 0.4) is 0 Å². The van der Waals surface area contributed by atoms with Gasteiger partial charge in [0.25, 0.3) is 5.91 Å². The van der Waals surface area contributed by atoms with Gasteiger partial charge in [-0.05, 0) is 30.2 Å². The second kappa shape index (κ2) is 10.5. The van der Waals surface area contributed by atoms with Crippen molar-refractivity contribution in [3.63, 3.8) is 0 Å². The maximum Gasteiger partial charge on any atom is 0.251 e. The fraction of sp³-hybridized carbons (Fsp3) is 0.263. The zero-order chi connectivity index (χ0) is 17.4. The van der Waals surface area contributed by atoms with Gasteiger partial charge in [0.15, 0.2) is 0 Å². The normalized spacial score (nSPS) is 11.1. The zero-order valence-electron chi connectivity index (χ0n) is 14.2. The van der Waals surface area contributed by atoms with Crippen molar-refractivity contribution in [3.8, 4) is 0 Å². The van der Waals surface area contributed by atoms with Crippen molar-refractivity contribution in [3.05, 3.63) is 65.7 Å². The minimum atomic E-state index is -0.537. The molecule has 5 nitrogen and oxygen atoms in total. The largest absolute Gasteiger partial charge is 0.348 e. The van der Waals surface area contributed by atoms with E-state index in [1.165, 1.54) is 0 Å². The van der Waals surface area contributed by atoms with Crippen LogP contribution in [0.15, 0.2) is 54.6 Å². The minimum Gasteiger partial charge on any atom is -0.348 e. The van der Waals surface area contributed by atoms with Crippen molar-refractivity contribution in [2.75, 3.05) is 5.32 Å². The molecule has 6 heteroatoms. The van der Waals surface area contributed by atoms with E-state index >= 15 is 0 Å². The number of hydrogen-bond donors (Lipinski definition) is 3. The molecule has 0 bridgehead atoms. The molecule has 1 atom stereocenters. The van der Waals surface area contributed by atoms with E-state index < -0.39 is 6.04 Å². The molecule has 2 amide bonds. The predicted molar refractivity (Wildman–Crippen MR) is 103 cm³/mol. The number of amides is 2. The number of halogens is 1. The minimum absolute atomic E-state index is 0. The first-order chi connectivity index (χ1) is 11.6. The smallest absolute Gasteiger partial charge is 0.251 e. The summed E-state index contributed by atoms with van der Waals surface area (Å²) in [6.45, 7) is 2.43. The van der Waals surface area contributed by atoms with Gasteiger partial charge in [-0.2, -0.15) is 0 Å². The highest BCUT2D eigenvalue weighted by molar-refractivity contribution is 5.98. The Kier molecular flexibility index (Phi) is 8.67. The fourth-order valence-electron chi connectivity index (χ4n) is 2.30. The predicted octanol–water partition coefficient (Wildman–Crippen LogP) is 3.10. The monoisotopic (exact) mass is 361 g/mol. The number of anilines is 1. The van der Waals surface area contributed by atoms with Gasteiger partial charge in [-0.3, -0.25) is 9.59 Å². The van der Waals surface area contributed by atoms with Crippen molar-refractivity contribution >= 4 is 29.9 Å². The first kappa shape index (κ1) is 20.7. The summed E-state index contributed by atoms with van der Waals surface area (Å²) in [4.78, 5) is 24.2. The zero-order valence-corrected chi connectivity index (χ0v) is 15.0. The molecule has 2 rings (SSSR count). The Balaban J connectivity index is 0.00000312. The SMILES string of the molecule is CCCC(N)C(=O)Nc1cccc(C(=O)NCc2ccccc2)c1.Cl. The number of carbonyl (C=O) groups excluding carboxylic acids is 2. The third-order valence-corrected chi connectivity index (χ3v) is 3.62. The highest BCUT2D eigenvalue weighted by atomic mass is 35.5. The molecule has 0 aliphatic heterocycles. The highest BCUT2D eigenvalue weighted by Crippen LogP contribution is 2.12. The lowest BCUT2D eigenvalue weighted by Crippen LogP contribution is -2.35. The van der Waals surface area contributed by atoms with E-state index in [2.05, 4.69) is 10.6 Å².